The van der Waals surface area contributed by atoms with Gasteiger partial charge in [-0.25, -0.2) is 4.98 Å². The molecule has 1 aliphatic carbocycles. The van der Waals surface area contributed by atoms with E-state index in [9.17, 15) is 0 Å². The molecule has 1 saturated carbocycles. The van der Waals surface area contributed by atoms with Crippen LogP contribution in [0.1, 0.15) is 31.2 Å². The van der Waals surface area contributed by atoms with Gasteiger partial charge in [0.2, 0.25) is 5.95 Å². The minimum Gasteiger partial charge on any atom is -0.497 e. The summed E-state index contributed by atoms with van der Waals surface area (Å²) in [4.78, 5) is 11.5. The van der Waals surface area contributed by atoms with Gasteiger partial charge in [-0.1, -0.05) is 12.1 Å². The summed E-state index contributed by atoms with van der Waals surface area (Å²) in [6.07, 6.45) is 4.74. The zero-order valence-corrected chi connectivity index (χ0v) is 20.1. The molecule has 0 spiro atoms. The van der Waals surface area contributed by atoms with Crippen LogP contribution in [0.5, 0.6) is 11.5 Å². The molecule has 3 aromatic rings. The summed E-state index contributed by atoms with van der Waals surface area (Å²) in [7, 11) is 7.42. The van der Waals surface area contributed by atoms with Gasteiger partial charge in [0.25, 0.3) is 0 Å². The van der Waals surface area contributed by atoms with Crippen molar-refractivity contribution in [2.75, 3.05) is 45.1 Å². The third-order valence-electron chi connectivity index (χ3n) is 6.41. The van der Waals surface area contributed by atoms with Crippen LogP contribution >= 0.6 is 0 Å². The van der Waals surface area contributed by atoms with E-state index >= 15 is 0 Å². The Morgan fingerprint density at radius 2 is 1.64 bits per heavy atom. The summed E-state index contributed by atoms with van der Waals surface area (Å²) in [6.45, 7) is 1.73. The van der Waals surface area contributed by atoms with Gasteiger partial charge >= 0.3 is 0 Å². The van der Waals surface area contributed by atoms with E-state index in [0.717, 1.165) is 41.3 Å². The average molecular weight is 450 g/mol. The van der Waals surface area contributed by atoms with Crippen molar-refractivity contribution in [3.63, 3.8) is 0 Å². The molecule has 0 radical (unpaired) electrons. The van der Waals surface area contributed by atoms with Crippen LogP contribution in [-0.2, 0) is 6.54 Å². The monoisotopic (exact) mass is 449 g/mol. The van der Waals surface area contributed by atoms with Crippen molar-refractivity contribution >= 4 is 22.7 Å². The van der Waals surface area contributed by atoms with E-state index in [0.29, 0.717) is 17.9 Å². The summed E-state index contributed by atoms with van der Waals surface area (Å²) >= 11 is 0. The maximum atomic E-state index is 5.38. The molecular weight excluding hydrogens is 414 g/mol. The van der Waals surface area contributed by atoms with Gasteiger partial charge in [-0.05, 0) is 61.4 Å². The Kier molecular flexibility index (Phi) is 7.50. The number of para-hydroxylation sites is 1. The summed E-state index contributed by atoms with van der Waals surface area (Å²) < 4.78 is 10.8. The van der Waals surface area contributed by atoms with Crippen molar-refractivity contribution in [3.05, 3.63) is 48.0 Å². The van der Waals surface area contributed by atoms with E-state index < -0.39 is 0 Å². The molecule has 4 rings (SSSR count). The lowest BCUT2D eigenvalue weighted by atomic mass is 9.86. The first-order chi connectivity index (χ1) is 16.1. The highest BCUT2D eigenvalue weighted by Crippen LogP contribution is 2.27. The smallest absolute Gasteiger partial charge is 0.225 e. The second-order valence-corrected chi connectivity index (χ2v) is 8.98. The number of ether oxygens (including phenoxy) is 2. The van der Waals surface area contributed by atoms with Crippen LogP contribution in [0.3, 0.4) is 0 Å². The van der Waals surface area contributed by atoms with Crippen molar-refractivity contribution in [2.24, 2.45) is 5.92 Å². The molecule has 2 aromatic carbocycles. The molecule has 1 fully saturated rings. The lowest BCUT2D eigenvalue weighted by Crippen LogP contribution is -2.34. The maximum Gasteiger partial charge on any atom is 0.225 e. The largest absolute Gasteiger partial charge is 0.497 e. The molecular formula is C26H35N5O2. The van der Waals surface area contributed by atoms with Gasteiger partial charge in [0, 0.05) is 44.7 Å². The molecule has 1 heterocycles. The predicted octanol–water partition coefficient (Wildman–Crippen LogP) is 4.47. The number of aromatic nitrogens is 2. The summed E-state index contributed by atoms with van der Waals surface area (Å²) in [6, 6.07) is 14.7. The fourth-order valence-electron chi connectivity index (χ4n) is 4.52. The molecule has 0 bridgehead atoms. The van der Waals surface area contributed by atoms with Crippen LogP contribution in [-0.4, -0.2) is 50.9 Å². The molecule has 0 amide bonds. The summed E-state index contributed by atoms with van der Waals surface area (Å²) in [5.74, 6) is 3.95. The van der Waals surface area contributed by atoms with E-state index in [2.05, 4.69) is 28.8 Å². The zero-order chi connectivity index (χ0) is 23.2. The highest BCUT2D eigenvalue weighted by atomic mass is 16.5. The molecule has 0 atom stereocenters. The summed E-state index contributed by atoms with van der Waals surface area (Å²) in [5.41, 5.74) is 2.15. The molecule has 1 aromatic heterocycles. The van der Waals surface area contributed by atoms with E-state index in [-0.39, 0.29) is 0 Å². The first-order valence-corrected chi connectivity index (χ1v) is 11.7. The number of nitrogens with one attached hydrogen (secondary N) is 2. The second-order valence-electron chi connectivity index (χ2n) is 8.98. The fraction of sp³-hybridized carbons (Fsp3) is 0.462. The van der Waals surface area contributed by atoms with Crippen LogP contribution in [0, 0.1) is 5.92 Å². The molecule has 1 aliphatic rings. The van der Waals surface area contributed by atoms with Crippen molar-refractivity contribution in [1.82, 2.24) is 15.3 Å². The Bertz CT molecular complexity index is 1040. The number of rotatable bonds is 9. The maximum absolute atomic E-state index is 5.38. The van der Waals surface area contributed by atoms with E-state index in [1.165, 1.54) is 31.2 Å². The number of hydrogen-bond donors (Lipinski definition) is 2. The van der Waals surface area contributed by atoms with Gasteiger partial charge in [-0.15, -0.1) is 0 Å². The van der Waals surface area contributed by atoms with Crippen molar-refractivity contribution in [1.29, 1.82) is 0 Å². The number of methoxy groups -OCH3 is 2. The highest BCUT2D eigenvalue weighted by molar-refractivity contribution is 5.90. The molecule has 0 saturated heterocycles. The van der Waals surface area contributed by atoms with Gasteiger partial charge in [0.05, 0.1) is 19.7 Å². The number of nitrogens with zero attached hydrogens (tertiary/aromatic N) is 3. The van der Waals surface area contributed by atoms with Crippen molar-refractivity contribution in [3.8, 4) is 11.5 Å². The zero-order valence-electron chi connectivity index (χ0n) is 20.1. The first-order valence-electron chi connectivity index (χ1n) is 11.7. The standard InChI is InChI=1S/C26H35N5O2/c1-31(2)25-23-7-5-6-8-24(23)29-26(30-25)28-16-18-9-11-20(12-10-18)27-17-19-13-21(32-3)15-22(14-19)33-4/h5-8,13-15,18,20,27H,9-12,16-17H2,1-4H3,(H,28,29,30). The third-order valence-corrected chi connectivity index (χ3v) is 6.41. The molecule has 7 heteroatoms. The van der Waals surface area contributed by atoms with Gasteiger partial charge in [-0.3, -0.25) is 0 Å². The second kappa shape index (κ2) is 10.7. The van der Waals surface area contributed by atoms with E-state index in [4.69, 9.17) is 19.4 Å². The molecule has 33 heavy (non-hydrogen) atoms. The van der Waals surface area contributed by atoms with Gasteiger partial charge in [0.1, 0.15) is 17.3 Å². The number of hydrogen-bond acceptors (Lipinski definition) is 7. The lowest BCUT2D eigenvalue weighted by molar-refractivity contribution is 0.299. The predicted molar refractivity (Wildman–Crippen MR) is 134 cm³/mol. The topological polar surface area (TPSA) is 71.5 Å². The first kappa shape index (κ1) is 23.1. The van der Waals surface area contributed by atoms with Gasteiger partial charge in [0.15, 0.2) is 0 Å². The number of benzene rings is 2. The quantitative estimate of drug-likeness (QED) is 0.499. The Morgan fingerprint density at radius 3 is 2.30 bits per heavy atom. The average Bonchev–Trinajstić information content (AvgIpc) is 2.85. The van der Waals surface area contributed by atoms with Crippen LogP contribution in [0.4, 0.5) is 11.8 Å². The SMILES string of the molecule is COc1cc(CNC2CCC(CNc3nc(N(C)C)c4ccccc4n3)CC2)cc(OC)c1. The molecule has 2 N–H and O–H groups in total. The van der Waals surface area contributed by atoms with Gasteiger partial charge in [-0.2, -0.15) is 4.98 Å². The number of anilines is 2. The van der Waals surface area contributed by atoms with Crippen LogP contribution in [0.25, 0.3) is 10.9 Å². The van der Waals surface area contributed by atoms with Crippen molar-refractivity contribution in [2.45, 2.75) is 38.3 Å². The molecule has 0 unspecified atom stereocenters. The molecule has 7 nitrogen and oxygen atoms in total. The minimum absolute atomic E-state index is 0.538. The van der Waals surface area contributed by atoms with Gasteiger partial charge < -0.3 is 25.0 Å². The van der Waals surface area contributed by atoms with Crippen molar-refractivity contribution < 1.29 is 9.47 Å². The highest BCUT2D eigenvalue weighted by Gasteiger charge is 2.21. The summed E-state index contributed by atoms with van der Waals surface area (Å²) in [5, 5.41) is 8.29. The van der Waals surface area contributed by atoms with Crippen LogP contribution in [0.2, 0.25) is 0 Å². The normalized spacial score (nSPS) is 18.2. The Hall–Kier alpha value is -3.06. The Labute approximate surface area is 196 Å². The Morgan fingerprint density at radius 1 is 0.939 bits per heavy atom. The third kappa shape index (κ3) is 5.85. The fourth-order valence-corrected chi connectivity index (χ4v) is 4.52. The lowest BCUT2D eigenvalue weighted by Gasteiger charge is -2.29. The van der Waals surface area contributed by atoms with E-state index in [1.807, 2.05) is 43.3 Å². The number of fused-ring (bicyclic) bond motifs is 1. The molecule has 176 valence electrons. The van der Waals surface area contributed by atoms with Crippen LogP contribution < -0.4 is 25.0 Å². The molecule has 0 aliphatic heterocycles. The Balaban J connectivity index is 1.28. The van der Waals surface area contributed by atoms with Crippen LogP contribution in [0.15, 0.2) is 42.5 Å². The minimum atomic E-state index is 0.538. The van der Waals surface area contributed by atoms with E-state index in [1.54, 1.807) is 14.2 Å².